The van der Waals surface area contributed by atoms with Crippen LogP contribution in [0, 0.1) is 0 Å². The fourth-order valence-electron chi connectivity index (χ4n) is 5.99. The summed E-state index contributed by atoms with van der Waals surface area (Å²) in [7, 11) is 0. The zero-order chi connectivity index (χ0) is 20.1. The summed E-state index contributed by atoms with van der Waals surface area (Å²) >= 11 is 6.45. The van der Waals surface area contributed by atoms with Gasteiger partial charge < -0.3 is 10.2 Å². The topological polar surface area (TPSA) is 41.0 Å². The minimum Gasteiger partial charge on any atom is -0.351 e. The van der Waals surface area contributed by atoms with Gasteiger partial charge in [-0.3, -0.25) is 0 Å². The molecule has 0 unspecified atom stereocenters. The van der Waals surface area contributed by atoms with Crippen molar-refractivity contribution in [1.29, 1.82) is 0 Å². The van der Waals surface area contributed by atoms with Crippen molar-refractivity contribution in [3.63, 3.8) is 0 Å². The number of nitrogens with one attached hydrogen (secondary N) is 1. The van der Waals surface area contributed by atoms with Gasteiger partial charge >= 0.3 is 0 Å². The van der Waals surface area contributed by atoms with E-state index in [0.717, 1.165) is 43.4 Å². The molecule has 2 heterocycles. The summed E-state index contributed by atoms with van der Waals surface area (Å²) in [5.74, 6) is 1.25. The highest BCUT2D eigenvalue weighted by Gasteiger charge is 2.53. The SMILES string of the molecule is Clc1ccc2c(c1)[C@]1(CN3CCC(Nc4ncccn4)CC3)C[C@H]2c2ccccc21. The number of piperidine rings is 1. The van der Waals surface area contributed by atoms with Crippen molar-refractivity contribution in [2.75, 3.05) is 25.0 Å². The van der Waals surface area contributed by atoms with Crippen molar-refractivity contribution in [3.05, 3.63) is 88.2 Å². The number of hydrogen-bond acceptors (Lipinski definition) is 4. The Morgan fingerprint density at radius 1 is 0.967 bits per heavy atom. The van der Waals surface area contributed by atoms with Crippen molar-refractivity contribution >= 4 is 17.5 Å². The van der Waals surface area contributed by atoms with E-state index in [-0.39, 0.29) is 5.41 Å². The molecule has 1 saturated heterocycles. The molecule has 152 valence electrons. The van der Waals surface area contributed by atoms with Gasteiger partial charge in [0.25, 0.3) is 0 Å². The Hall–Kier alpha value is -2.43. The van der Waals surface area contributed by atoms with Crippen LogP contribution in [0.1, 0.15) is 47.4 Å². The first-order chi connectivity index (χ1) is 14.7. The minimum absolute atomic E-state index is 0.0737. The summed E-state index contributed by atoms with van der Waals surface area (Å²) in [6.45, 7) is 3.26. The standard InChI is InChI=1S/C25H25ClN4/c26-17-6-7-20-21-15-25(23(20)14-17,22-5-2-1-4-19(21)22)16-30-12-8-18(9-13-30)29-24-27-10-3-11-28-24/h1-7,10-11,14,18,21H,8-9,12-13,15-16H2,(H,27,28,29)/t21-,25-/m0/s1. The van der Waals surface area contributed by atoms with E-state index < -0.39 is 0 Å². The molecule has 0 amide bonds. The summed E-state index contributed by atoms with van der Waals surface area (Å²) in [5, 5.41) is 4.35. The molecule has 2 aromatic carbocycles. The van der Waals surface area contributed by atoms with Gasteiger partial charge in [0.2, 0.25) is 5.95 Å². The van der Waals surface area contributed by atoms with Crippen LogP contribution in [-0.4, -0.2) is 40.5 Å². The van der Waals surface area contributed by atoms with E-state index in [1.165, 1.54) is 28.7 Å². The van der Waals surface area contributed by atoms with E-state index in [4.69, 9.17) is 11.6 Å². The van der Waals surface area contributed by atoms with E-state index in [0.29, 0.717) is 12.0 Å². The third-order valence-electron chi connectivity index (χ3n) is 7.29. The van der Waals surface area contributed by atoms with Gasteiger partial charge in [-0.05, 0) is 59.7 Å². The highest BCUT2D eigenvalue weighted by atomic mass is 35.5. The maximum absolute atomic E-state index is 6.45. The van der Waals surface area contributed by atoms with Gasteiger partial charge in [-0.25, -0.2) is 9.97 Å². The van der Waals surface area contributed by atoms with Gasteiger partial charge in [-0.2, -0.15) is 0 Å². The van der Waals surface area contributed by atoms with E-state index in [2.05, 4.69) is 62.6 Å². The van der Waals surface area contributed by atoms with Crippen LogP contribution in [0.5, 0.6) is 0 Å². The quantitative estimate of drug-likeness (QED) is 0.660. The number of benzene rings is 2. The monoisotopic (exact) mass is 416 g/mol. The number of anilines is 1. The second-order valence-corrected chi connectivity index (χ2v) is 9.36. The van der Waals surface area contributed by atoms with Crippen LogP contribution in [0.25, 0.3) is 0 Å². The molecule has 0 saturated carbocycles. The molecule has 5 heteroatoms. The van der Waals surface area contributed by atoms with E-state index in [9.17, 15) is 0 Å². The molecule has 6 rings (SSSR count). The molecule has 1 aromatic heterocycles. The van der Waals surface area contributed by atoms with Gasteiger partial charge in [-0.1, -0.05) is 41.9 Å². The summed E-state index contributed by atoms with van der Waals surface area (Å²) in [5.41, 5.74) is 6.05. The predicted octanol–water partition coefficient (Wildman–Crippen LogP) is 4.84. The van der Waals surface area contributed by atoms with Crippen LogP contribution in [-0.2, 0) is 5.41 Å². The second kappa shape index (κ2) is 7.07. The molecule has 4 nitrogen and oxygen atoms in total. The van der Waals surface area contributed by atoms with Crippen LogP contribution < -0.4 is 5.32 Å². The maximum atomic E-state index is 6.45. The number of rotatable bonds is 4. The fraction of sp³-hybridized carbons (Fsp3) is 0.360. The van der Waals surface area contributed by atoms with Crippen LogP contribution in [0.2, 0.25) is 5.02 Å². The first kappa shape index (κ1) is 18.3. The number of aromatic nitrogens is 2. The van der Waals surface area contributed by atoms with E-state index in [1.807, 2.05) is 6.07 Å². The lowest BCUT2D eigenvalue weighted by Gasteiger charge is -2.40. The van der Waals surface area contributed by atoms with Gasteiger partial charge in [0.15, 0.2) is 0 Å². The highest BCUT2D eigenvalue weighted by molar-refractivity contribution is 6.30. The Morgan fingerprint density at radius 3 is 2.57 bits per heavy atom. The smallest absolute Gasteiger partial charge is 0.222 e. The largest absolute Gasteiger partial charge is 0.351 e. The van der Waals surface area contributed by atoms with E-state index in [1.54, 1.807) is 12.4 Å². The molecular formula is C25H25ClN4. The average Bonchev–Trinajstić information content (AvgIpc) is 3.27. The van der Waals surface area contributed by atoms with Crippen molar-refractivity contribution in [1.82, 2.24) is 14.9 Å². The van der Waals surface area contributed by atoms with E-state index >= 15 is 0 Å². The zero-order valence-electron chi connectivity index (χ0n) is 16.9. The normalized spacial score (nSPS) is 25.2. The maximum Gasteiger partial charge on any atom is 0.222 e. The van der Waals surface area contributed by atoms with Crippen molar-refractivity contribution in [3.8, 4) is 0 Å². The second-order valence-electron chi connectivity index (χ2n) is 8.92. The predicted molar refractivity (Wildman–Crippen MR) is 120 cm³/mol. The van der Waals surface area contributed by atoms with Gasteiger partial charge in [-0.15, -0.1) is 0 Å². The number of hydrogen-bond donors (Lipinski definition) is 1. The number of likely N-dealkylation sites (tertiary alicyclic amines) is 1. The summed E-state index contributed by atoms with van der Waals surface area (Å²) in [4.78, 5) is 11.3. The molecule has 0 radical (unpaired) electrons. The van der Waals surface area contributed by atoms with Crippen LogP contribution in [0.3, 0.4) is 0 Å². The van der Waals surface area contributed by atoms with Crippen LogP contribution in [0.4, 0.5) is 5.95 Å². The Morgan fingerprint density at radius 2 is 1.73 bits per heavy atom. The molecule has 3 aromatic rings. The van der Waals surface area contributed by atoms with Gasteiger partial charge in [0.1, 0.15) is 0 Å². The lowest BCUT2D eigenvalue weighted by molar-refractivity contribution is 0.186. The summed E-state index contributed by atoms with van der Waals surface area (Å²) in [6.07, 6.45) is 6.99. The lowest BCUT2D eigenvalue weighted by Crippen LogP contribution is -2.46. The summed E-state index contributed by atoms with van der Waals surface area (Å²) < 4.78 is 0. The van der Waals surface area contributed by atoms with Gasteiger partial charge in [0, 0.05) is 54.4 Å². The molecular weight excluding hydrogens is 392 g/mol. The molecule has 2 atom stereocenters. The van der Waals surface area contributed by atoms with Crippen LogP contribution in [0.15, 0.2) is 60.9 Å². The molecule has 30 heavy (non-hydrogen) atoms. The summed E-state index contributed by atoms with van der Waals surface area (Å²) in [6, 6.07) is 17.9. The highest BCUT2D eigenvalue weighted by Crippen LogP contribution is 2.60. The molecule has 1 aliphatic heterocycles. The molecule has 1 N–H and O–H groups in total. The first-order valence-corrected chi connectivity index (χ1v) is 11.3. The first-order valence-electron chi connectivity index (χ1n) is 10.9. The Labute approximate surface area is 182 Å². The number of nitrogens with zero attached hydrogens (tertiary/aromatic N) is 3. The molecule has 2 aliphatic carbocycles. The van der Waals surface area contributed by atoms with Crippen molar-refractivity contribution < 1.29 is 0 Å². The van der Waals surface area contributed by atoms with Gasteiger partial charge in [0.05, 0.1) is 0 Å². The van der Waals surface area contributed by atoms with Crippen molar-refractivity contribution in [2.45, 2.75) is 36.6 Å². The molecule has 2 bridgehead atoms. The lowest BCUT2D eigenvalue weighted by atomic mass is 9.74. The number of halogens is 1. The average molecular weight is 417 g/mol. The Bertz CT molecular complexity index is 1080. The van der Waals surface area contributed by atoms with Crippen LogP contribution >= 0.6 is 11.6 Å². The fourth-order valence-corrected chi connectivity index (χ4v) is 6.16. The number of fused-ring (bicyclic) bond motifs is 8. The zero-order valence-corrected chi connectivity index (χ0v) is 17.6. The molecule has 3 aliphatic rings. The third-order valence-corrected chi connectivity index (χ3v) is 7.53. The minimum atomic E-state index is 0.0737. The molecule has 1 fully saturated rings. The Kier molecular flexibility index (Phi) is 4.32. The Balaban J connectivity index is 1.24. The third kappa shape index (κ3) is 2.85. The molecule has 0 spiro atoms. The van der Waals surface area contributed by atoms with Crippen molar-refractivity contribution in [2.24, 2.45) is 0 Å².